The zero-order chi connectivity index (χ0) is 18.0. The summed E-state index contributed by atoms with van der Waals surface area (Å²) in [5.74, 6) is 0.713. The van der Waals surface area contributed by atoms with E-state index in [2.05, 4.69) is 5.10 Å². The van der Waals surface area contributed by atoms with Gasteiger partial charge in [-0.2, -0.15) is 10.1 Å². The zero-order valence-corrected chi connectivity index (χ0v) is 15.0. The SMILES string of the molecule is CC1=NN(c2ccc(C)cc2)C(=O)C1=Cc1ccc(OC(C)C)cc1. The molecular formula is C21H22N2O2. The predicted molar refractivity (Wildman–Crippen MR) is 102 cm³/mol. The molecule has 0 spiro atoms. The number of hydrogen-bond donors (Lipinski definition) is 0. The molecule has 25 heavy (non-hydrogen) atoms. The number of hydrogen-bond acceptors (Lipinski definition) is 3. The summed E-state index contributed by atoms with van der Waals surface area (Å²) < 4.78 is 5.65. The maximum atomic E-state index is 12.7. The average molecular weight is 334 g/mol. The number of rotatable bonds is 4. The van der Waals surface area contributed by atoms with Gasteiger partial charge >= 0.3 is 0 Å². The second kappa shape index (κ2) is 6.93. The Morgan fingerprint density at radius 2 is 1.64 bits per heavy atom. The fourth-order valence-corrected chi connectivity index (χ4v) is 2.63. The van der Waals surface area contributed by atoms with Crippen molar-refractivity contribution in [1.29, 1.82) is 0 Å². The van der Waals surface area contributed by atoms with Crippen LogP contribution in [-0.4, -0.2) is 17.7 Å². The van der Waals surface area contributed by atoms with Crippen molar-refractivity contribution in [1.82, 2.24) is 0 Å². The van der Waals surface area contributed by atoms with Crippen LogP contribution in [0.1, 0.15) is 31.9 Å². The summed E-state index contributed by atoms with van der Waals surface area (Å²) in [6.07, 6.45) is 2.01. The van der Waals surface area contributed by atoms with Crippen molar-refractivity contribution in [3.63, 3.8) is 0 Å². The molecule has 1 amide bonds. The highest BCUT2D eigenvalue weighted by Gasteiger charge is 2.28. The van der Waals surface area contributed by atoms with Gasteiger partial charge in [0, 0.05) is 0 Å². The Morgan fingerprint density at radius 3 is 2.24 bits per heavy atom. The third-order valence-corrected chi connectivity index (χ3v) is 3.90. The summed E-state index contributed by atoms with van der Waals surface area (Å²) in [7, 11) is 0. The fourth-order valence-electron chi connectivity index (χ4n) is 2.63. The van der Waals surface area contributed by atoms with E-state index >= 15 is 0 Å². The van der Waals surface area contributed by atoms with Crippen LogP contribution < -0.4 is 9.75 Å². The number of hydrazone groups is 1. The van der Waals surface area contributed by atoms with E-state index in [1.165, 1.54) is 5.01 Å². The first-order valence-corrected chi connectivity index (χ1v) is 8.39. The Labute approximate surface area is 148 Å². The number of carbonyl (C=O) groups is 1. The lowest BCUT2D eigenvalue weighted by atomic mass is 10.1. The van der Waals surface area contributed by atoms with E-state index in [0.717, 1.165) is 22.6 Å². The van der Waals surface area contributed by atoms with Gasteiger partial charge in [-0.25, -0.2) is 0 Å². The Morgan fingerprint density at radius 1 is 1.00 bits per heavy atom. The second-order valence-corrected chi connectivity index (χ2v) is 6.43. The molecule has 3 rings (SSSR count). The molecule has 1 aliphatic rings. The van der Waals surface area contributed by atoms with Crippen molar-refractivity contribution in [2.75, 3.05) is 5.01 Å². The summed E-state index contributed by atoms with van der Waals surface area (Å²) >= 11 is 0. The van der Waals surface area contributed by atoms with E-state index in [1.807, 2.05) is 82.3 Å². The normalized spacial score (nSPS) is 15.9. The van der Waals surface area contributed by atoms with Crippen LogP contribution in [0.5, 0.6) is 5.75 Å². The van der Waals surface area contributed by atoms with Crippen LogP contribution >= 0.6 is 0 Å². The number of anilines is 1. The van der Waals surface area contributed by atoms with Gasteiger partial charge in [0.2, 0.25) is 0 Å². The first-order valence-electron chi connectivity index (χ1n) is 8.39. The van der Waals surface area contributed by atoms with Gasteiger partial charge in [0.05, 0.1) is 23.1 Å². The predicted octanol–water partition coefficient (Wildman–Crippen LogP) is 4.59. The van der Waals surface area contributed by atoms with Gasteiger partial charge in [0.1, 0.15) is 5.75 Å². The first-order chi connectivity index (χ1) is 11.9. The molecule has 0 aromatic heterocycles. The lowest BCUT2D eigenvalue weighted by molar-refractivity contribution is -0.114. The van der Waals surface area contributed by atoms with Crippen LogP contribution in [-0.2, 0) is 4.79 Å². The van der Waals surface area contributed by atoms with Crippen molar-refractivity contribution in [2.24, 2.45) is 5.10 Å². The summed E-state index contributed by atoms with van der Waals surface area (Å²) in [5.41, 5.74) is 4.19. The molecule has 4 heteroatoms. The smallest absolute Gasteiger partial charge is 0.280 e. The molecule has 0 atom stereocenters. The van der Waals surface area contributed by atoms with Gasteiger partial charge in [-0.15, -0.1) is 0 Å². The quantitative estimate of drug-likeness (QED) is 0.768. The van der Waals surface area contributed by atoms with Gasteiger partial charge in [-0.1, -0.05) is 29.8 Å². The Hall–Kier alpha value is -2.88. The molecule has 0 unspecified atom stereocenters. The average Bonchev–Trinajstić information content (AvgIpc) is 2.85. The lowest BCUT2D eigenvalue weighted by Gasteiger charge is -2.12. The summed E-state index contributed by atoms with van der Waals surface area (Å²) in [6.45, 7) is 7.86. The molecule has 1 heterocycles. The highest BCUT2D eigenvalue weighted by Crippen LogP contribution is 2.25. The molecule has 0 N–H and O–H groups in total. The van der Waals surface area contributed by atoms with Crippen LogP contribution in [0.25, 0.3) is 6.08 Å². The monoisotopic (exact) mass is 334 g/mol. The second-order valence-electron chi connectivity index (χ2n) is 6.43. The third-order valence-electron chi connectivity index (χ3n) is 3.90. The van der Waals surface area contributed by atoms with Crippen LogP contribution in [0.15, 0.2) is 59.2 Å². The molecule has 0 aliphatic carbocycles. The molecule has 2 aromatic carbocycles. The molecule has 4 nitrogen and oxygen atoms in total. The minimum atomic E-state index is -0.108. The van der Waals surface area contributed by atoms with Crippen molar-refractivity contribution < 1.29 is 9.53 Å². The van der Waals surface area contributed by atoms with Crippen molar-refractivity contribution in [2.45, 2.75) is 33.8 Å². The van der Waals surface area contributed by atoms with E-state index in [1.54, 1.807) is 0 Å². The molecule has 0 saturated carbocycles. The van der Waals surface area contributed by atoms with Crippen LogP contribution in [0.2, 0.25) is 0 Å². The third kappa shape index (κ3) is 3.79. The minimum absolute atomic E-state index is 0.108. The molecule has 0 fully saturated rings. The fraction of sp³-hybridized carbons (Fsp3) is 0.238. The van der Waals surface area contributed by atoms with Crippen molar-refractivity contribution in [3.05, 3.63) is 65.2 Å². The Kier molecular flexibility index (Phi) is 4.70. The lowest BCUT2D eigenvalue weighted by Crippen LogP contribution is -2.21. The van der Waals surface area contributed by atoms with E-state index in [-0.39, 0.29) is 12.0 Å². The van der Waals surface area contributed by atoms with Crippen LogP contribution in [0.3, 0.4) is 0 Å². The minimum Gasteiger partial charge on any atom is -0.491 e. The number of nitrogens with zero attached hydrogens (tertiary/aromatic N) is 2. The number of ether oxygens (including phenoxy) is 1. The van der Waals surface area contributed by atoms with Crippen LogP contribution in [0, 0.1) is 6.92 Å². The number of benzene rings is 2. The number of carbonyl (C=O) groups excluding carboxylic acids is 1. The standard InChI is InChI=1S/C21H22N2O2/c1-14(2)25-19-11-7-17(8-12-19)13-20-16(4)22-23(21(20)24)18-9-5-15(3)6-10-18/h5-14H,1-4H3. The molecular weight excluding hydrogens is 312 g/mol. The molecule has 0 bridgehead atoms. The van der Waals surface area contributed by atoms with E-state index < -0.39 is 0 Å². The van der Waals surface area contributed by atoms with Gasteiger partial charge in [-0.05, 0) is 63.6 Å². The summed E-state index contributed by atoms with van der Waals surface area (Å²) in [5, 5.41) is 5.87. The van der Waals surface area contributed by atoms with Crippen LogP contribution in [0.4, 0.5) is 5.69 Å². The van der Waals surface area contributed by atoms with Gasteiger partial charge in [0.25, 0.3) is 5.91 Å². The highest BCUT2D eigenvalue weighted by molar-refractivity contribution is 6.32. The maximum Gasteiger partial charge on any atom is 0.280 e. The van der Waals surface area contributed by atoms with Gasteiger partial charge in [0.15, 0.2) is 0 Å². The highest BCUT2D eigenvalue weighted by atomic mass is 16.5. The van der Waals surface area contributed by atoms with E-state index in [4.69, 9.17) is 4.74 Å². The molecule has 1 aliphatic heterocycles. The van der Waals surface area contributed by atoms with Gasteiger partial charge < -0.3 is 4.74 Å². The Balaban J connectivity index is 1.83. The molecule has 0 saturated heterocycles. The maximum absolute atomic E-state index is 12.7. The summed E-state index contributed by atoms with van der Waals surface area (Å²) in [6, 6.07) is 15.5. The van der Waals surface area contributed by atoms with Crippen molar-refractivity contribution in [3.8, 4) is 5.75 Å². The zero-order valence-electron chi connectivity index (χ0n) is 15.0. The van der Waals surface area contributed by atoms with Crippen molar-refractivity contribution >= 4 is 23.4 Å². The van der Waals surface area contributed by atoms with Gasteiger partial charge in [-0.3, -0.25) is 4.79 Å². The largest absolute Gasteiger partial charge is 0.491 e. The topological polar surface area (TPSA) is 41.9 Å². The number of aryl methyl sites for hydroxylation is 1. The molecule has 128 valence electrons. The summed E-state index contributed by atoms with van der Waals surface area (Å²) in [4.78, 5) is 12.7. The molecule has 0 radical (unpaired) electrons. The molecule has 2 aromatic rings. The first kappa shape index (κ1) is 17.0. The van der Waals surface area contributed by atoms with E-state index in [0.29, 0.717) is 11.3 Å². The number of amides is 1. The Bertz CT molecular complexity index is 831. The van der Waals surface area contributed by atoms with E-state index in [9.17, 15) is 4.79 Å².